The van der Waals surface area contributed by atoms with E-state index in [4.69, 9.17) is 10.8 Å². The van der Waals surface area contributed by atoms with Crippen molar-refractivity contribution in [3.8, 4) is 5.82 Å². The van der Waals surface area contributed by atoms with Gasteiger partial charge >= 0.3 is 5.97 Å². The molecule has 3 N–H and O–H groups in total. The zero-order chi connectivity index (χ0) is 13.3. The molecule has 0 spiro atoms. The highest BCUT2D eigenvalue weighted by Gasteiger charge is 2.16. The Hall–Kier alpha value is -2.64. The molecule has 0 aliphatic carbocycles. The summed E-state index contributed by atoms with van der Waals surface area (Å²) in [5.74, 6) is -1.24. The first-order chi connectivity index (χ1) is 8.54. The first-order valence-corrected chi connectivity index (χ1v) is 5.18. The van der Waals surface area contributed by atoms with Crippen LogP contribution in [0.3, 0.4) is 0 Å². The highest BCUT2D eigenvalue weighted by atomic mass is 16.4. The number of aromatic nitrogens is 4. The molecule has 18 heavy (non-hydrogen) atoms. The maximum absolute atomic E-state index is 11.9. The predicted octanol–water partition coefficient (Wildman–Crippen LogP) is -0.271. The average Bonchev–Trinajstić information content (AvgIpc) is 2.71. The van der Waals surface area contributed by atoms with E-state index < -0.39 is 5.97 Å². The van der Waals surface area contributed by atoms with Gasteiger partial charge in [0.2, 0.25) is 5.82 Å². The van der Waals surface area contributed by atoms with Crippen LogP contribution in [0.5, 0.6) is 0 Å². The molecule has 0 unspecified atom stereocenters. The topological polar surface area (TPSA) is 116 Å². The summed E-state index contributed by atoms with van der Waals surface area (Å²) in [6, 6.07) is 0. The molecule has 8 heteroatoms. The van der Waals surface area contributed by atoms with E-state index in [1.807, 2.05) is 6.92 Å². The Morgan fingerprint density at radius 2 is 2.28 bits per heavy atom. The average molecular weight is 249 g/mol. The van der Waals surface area contributed by atoms with Crippen molar-refractivity contribution >= 4 is 11.7 Å². The van der Waals surface area contributed by atoms with E-state index in [0.29, 0.717) is 6.54 Å². The fourth-order valence-corrected chi connectivity index (χ4v) is 1.50. The Labute approximate surface area is 101 Å². The highest BCUT2D eigenvalue weighted by Crippen LogP contribution is 2.10. The molecule has 0 aliphatic rings. The second-order valence-corrected chi connectivity index (χ2v) is 3.52. The van der Waals surface area contributed by atoms with E-state index in [0.717, 1.165) is 4.68 Å². The number of hydrogen-bond donors (Lipinski definition) is 2. The maximum Gasteiger partial charge on any atom is 0.358 e. The summed E-state index contributed by atoms with van der Waals surface area (Å²) in [5.41, 5.74) is 4.82. The smallest absolute Gasteiger partial charge is 0.358 e. The summed E-state index contributed by atoms with van der Waals surface area (Å²) in [6.45, 7) is 2.29. The number of carboxylic acid groups (broad SMARTS) is 1. The van der Waals surface area contributed by atoms with Gasteiger partial charge in [-0.25, -0.2) is 14.5 Å². The summed E-state index contributed by atoms with van der Waals surface area (Å²) in [6.07, 6.45) is 4.24. The van der Waals surface area contributed by atoms with E-state index in [2.05, 4.69) is 10.1 Å². The van der Waals surface area contributed by atoms with E-state index in [-0.39, 0.29) is 22.8 Å². The van der Waals surface area contributed by atoms with Crippen molar-refractivity contribution in [1.29, 1.82) is 0 Å². The standard InChI is InChI=1S/C10H11N5O3/c1-2-14-4-3-12-8(9(14)16)15-5-6(11)7(13-15)10(17)18/h3-5H,2,11H2,1H3,(H,17,18). The molecule has 0 bridgehead atoms. The van der Waals surface area contributed by atoms with Crippen LogP contribution < -0.4 is 11.3 Å². The van der Waals surface area contributed by atoms with Crippen molar-refractivity contribution in [1.82, 2.24) is 19.3 Å². The molecule has 2 rings (SSSR count). The van der Waals surface area contributed by atoms with Gasteiger partial charge in [-0.3, -0.25) is 4.79 Å². The van der Waals surface area contributed by atoms with Gasteiger partial charge in [0.15, 0.2) is 5.69 Å². The lowest BCUT2D eigenvalue weighted by atomic mass is 10.4. The summed E-state index contributed by atoms with van der Waals surface area (Å²) < 4.78 is 2.51. The maximum atomic E-state index is 11.9. The van der Waals surface area contributed by atoms with Crippen LogP contribution in [-0.2, 0) is 6.54 Å². The molecule has 94 valence electrons. The van der Waals surface area contributed by atoms with Gasteiger partial charge in [0.1, 0.15) is 0 Å². The third-order valence-corrected chi connectivity index (χ3v) is 2.40. The molecule has 0 amide bonds. The van der Waals surface area contributed by atoms with Crippen molar-refractivity contribution in [3.63, 3.8) is 0 Å². The van der Waals surface area contributed by atoms with Crippen molar-refractivity contribution < 1.29 is 9.90 Å². The molecule has 0 aliphatic heterocycles. The largest absolute Gasteiger partial charge is 0.476 e. The van der Waals surface area contributed by atoms with Crippen molar-refractivity contribution in [2.24, 2.45) is 0 Å². The Morgan fingerprint density at radius 3 is 2.83 bits per heavy atom. The molecule has 0 aromatic carbocycles. The van der Waals surface area contributed by atoms with Crippen LogP contribution in [0, 0.1) is 0 Å². The van der Waals surface area contributed by atoms with Gasteiger partial charge in [-0.05, 0) is 6.92 Å². The monoisotopic (exact) mass is 249 g/mol. The minimum atomic E-state index is -1.25. The number of nitrogens with zero attached hydrogens (tertiary/aromatic N) is 4. The molecule has 2 aromatic rings. The molecule has 0 saturated carbocycles. The first kappa shape index (κ1) is 11.8. The zero-order valence-electron chi connectivity index (χ0n) is 9.57. The summed E-state index contributed by atoms with van der Waals surface area (Å²) in [5, 5.41) is 12.6. The fraction of sp³-hybridized carbons (Fsp3) is 0.200. The molecule has 0 fully saturated rings. The summed E-state index contributed by atoms with van der Waals surface area (Å²) in [4.78, 5) is 26.6. The molecule has 0 saturated heterocycles. The lowest BCUT2D eigenvalue weighted by Crippen LogP contribution is -2.25. The lowest BCUT2D eigenvalue weighted by molar-refractivity contribution is 0.0691. The number of carboxylic acids is 1. The number of aryl methyl sites for hydroxylation is 1. The fourth-order valence-electron chi connectivity index (χ4n) is 1.50. The van der Waals surface area contributed by atoms with Crippen molar-refractivity contribution in [3.05, 3.63) is 34.6 Å². The molecule has 0 radical (unpaired) electrons. The third kappa shape index (κ3) is 1.83. The number of anilines is 1. The Bertz CT molecular complexity index is 658. The molecule has 2 heterocycles. The van der Waals surface area contributed by atoms with Crippen LogP contribution in [0.1, 0.15) is 17.4 Å². The van der Waals surface area contributed by atoms with Crippen LogP contribution in [-0.4, -0.2) is 30.4 Å². The van der Waals surface area contributed by atoms with Gasteiger partial charge in [0.25, 0.3) is 5.56 Å². The molecule has 0 atom stereocenters. The second-order valence-electron chi connectivity index (χ2n) is 3.52. The summed E-state index contributed by atoms with van der Waals surface area (Å²) in [7, 11) is 0. The van der Waals surface area contributed by atoms with Crippen LogP contribution in [0.4, 0.5) is 5.69 Å². The minimum Gasteiger partial charge on any atom is -0.476 e. The van der Waals surface area contributed by atoms with Gasteiger partial charge < -0.3 is 15.4 Å². The van der Waals surface area contributed by atoms with Gasteiger partial charge in [-0.1, -0.05) is 0 Å². The van der Waals surface area contributed by atoms with Crippen LogP contribution >= 0.6 is 0 Å². The highest BCUT2D eigenvalue weighted by molar-refractivity contribution is 5.91. The molecular formula is C10H11N5O3. The van der Waals surface area contributed by atoms with Crippen molar-refractivity contribution in [2.75, 3.05) is 5.73 Å². The van der Waals surface area contributed by atoms with Gasteiger partial charge in [0, 0.05) is 18.9 Å². The lowest BCUT2D eigenvalue weighted by Gasteiger charge is -2.03. The van der Waals surface area contributed by atoms with E-state index in [1.54, 1.807) is 0 Å². The number of nitrogens with two attached hydrogens (primary N) is 1. The Morgan fingerprint density at radius 1 is 1.56 bits per heavy atom. The van der Waals surface area contributed by atoms with Gasteiger partial charge in [0.05, 0.1) is 11.9 Å². The van der Waals surface area contributed by atoms with Crippen LogP contribution in [0.25, 0.3) is 5.82 Å². The number of hydrogen-bond acceptors (Lipinski definition) is 5. The normalized spacial score (nSPS) is 10.5. The molecule has 2 aromatic heterocycles. The van der Waals surface area contributed by atoms with Gasteiger partial charge in [-0.2, -0.15) is 5.10 Å². The SMILES string of the molecule is CCn1ccnc(-n2cc(N)c(C(=O)O)n2)c1=O. The van der Waals surface area contributed by atoms with Gasteiger partial charge in [-0.15, -0.1) is 0 Å². The predicted molar refractivity (Wildman–Crippen MR) is 62.7 cm³/mol. The van der Waals surface area contributed by atoms with E-state index in [9.17, 15) is 9.59 Å². The van der Waals surface area contributed by atoms with Crippen molar-refractivity contribution in [2.45, 2.75) is 13.5 Å². The van der Waals surface area contributed by atoms with E-state index >= 15 is 0 Å². The van der Waals surface area contributed by atoms with Crippen LogP contribution in [0.15, 0.2) is 23.4 Å². The number of nitrogen functional groups attached to an aromatic ring is 1. The minimum absolute atomic E-state index is 0.0125. The molecule has 8 nitrogen and oxygen atoms in total. The Kier molecular flexibility index (Phi) is 2.84. The third-order valence-electron chi connectivity index (χ3n) is 2.40. The van der Waals surface area contributed by atoms with Crippen LogP contribution in [0.2, 0.25) is 0 Å². The van der Waals surface area contributed by atoms with E-state index in [1.165, 1.54) is 23.2 Å². The number of carbonyl (C=O) groups is 1. The first-order valence-electron chi connectivity index (χ1n) is 5.18. The Balaban J connectivity index is 2.59. The quantitative estimate of drug-likeness (QED) is 0.773. The number of rotatable bonds is 3. The molecular weight excluding hydrogens is 238 g/mol. The number of aromatic carboxylic acids is 1. The summed E-state index contributed by atoms with van der Waals surface area (Å²) >= 11 is 0. The second kappa shape index (κ2) is 4.32. The zero-order valence-corrected chi connectivity index (χ0v) is 9.57.